The Morgan fingerprint density at radius 1 is 0.810 bits per heavy atom. The molecule has 0 radical (unpaired) electrons. The van der Waals surface area contributed by atoms with Gasteiger partial charge < -0.3 is 16.2 Å². The second-order valence-electron chi connectivity index (χ2n) is 6.96. The van der Waals surface area contributed by atoms with Crippen molar-refractivity contribution in [3.05, 3.63) is 0 Å². The molecule has 0 aliphatic carbocycles. The van der Waals surface area contributed by atoms with E-state index in [9.17, 15) is 0 Å². The first-order valence-electron chi connectivity index (χ1n) is 9.13. The first-order valence-corrected chi connectivity index (χ1v) is 9.13. The van der Waals surface area contributed by atoms with E-state index in [0.717, 1.165) is 38.4 Å². The fourth-order valence-corrected chi connectivity index (χ4v) is 2.42. The molecule has 0 aromatic heterocycles. The SMILES string of the molecule is CCC(N)(N)CCCOCCCCCCCCCC(C)C. The Morgan fingerprint density at radius 2 is 1.33 bits per heavy atom. The van der Waals surface area contributed by atoms with E-state index in [1.807, 2.05) is 6.92 Å². The van der Waals surface area contributed by atoms with Crippen LogP contribution in [0, 0.1) is 5.92 Å². The molecule has 0 unspecified atom stereocenters. The van der Waals surface area contributed by atoms with E-state index in [2.05, 4.69) is 13.8 Å². The molecule has 0 aliphatic rings. The lowest BCUT2D eigenvalue weighted by Gasteiger charge is -2.22. The quantitative estimate of drug-likeness (QED) is 0.343. The molecule has 0 rings (SSSR count). The van der Waals surface area contributed by atoms with Crippen LogP contribution in [0.3, 0.4) is 0 Å². The van der Waals surface area contributed by atoms with Gasteiger partial charge in [0.15, 0.2) is 0 Å². The van der Waals surface area contributed by atoms with E-state index < -0.39 is 5.66 Å². The van der Waals surface area contributed by atoms with Gasteiger partial charge in [-0.05, 0) is 31.6 Å². The van der Waals surface area contributed by atoms with Crippen LogP contribution in [0.25, 0.3) is 0 Å². The number of ether oxygens (including phenoxy) is 1. The molecule has 0 amide bonds. The van der Waals surface area contributed by atoms with Gasteiger partial charge in [0.25, 0.3) is 0 Å². The van der Waals surface area contributed by atoms with Crippen molar-refractivity contribution in [3.63, 3.8) is 0 Å². The second kappa shape index (κ2) is 13.5. The zero-order chi connectivity index (χ0) is 16.0. The average Bonchev–Trinajstić information content (AvgIpc) is 2.43. The van der Waals surface area contributed by atoms with Gasteiger partial charge in [0.05, 0.1) is 5.66 Å². The van der Waals surface area contributed by atoms with Gasteiger partial charge in [-0.2, -0.15) is 0 Å². The van der Waals surface area contributed by atoms with E-state index in [1.54, 1.807) is 0 Å². The molecule has 0 fully saturated rings. The van der Waals surface area contributed by atoms with E-state index in [1.165, 1.54) is 51.4 Å². The van der Waals surface area contributed by atoms with Crippen molar-refractivity contribution in [1.29, 1.82) is 0 Å². The van der Waals surface area contributed by atoms with Crippen molar-refractivity contribution >= 4 is 0 Å². The summed E-state index contributed by atoms with van der Waals surface area (Å²) in [6, 6.07) is 0. The summed E-state index contributed by atoms with van der Waals surface area (Å²) >= 11 is 0. The summed E-state index contributed by atoms with van der Waals surface area (Å²) < 4.78 is 5.63. The number of rotatable bonds is 15. The summed E-state index contributed by atoms with van der Waals surface area (Å²) in [5.74, 6) is 0.864. The van der Waals surface area contributed by atoms with Crippen molar-refractivity contribution in [2.24, 2.45) is 17.4 Å². The molecule has 128 valence electrons. The van der Waals surface area contributed by atoms with Gasteiger partial charge in [-0.3, -0.25) is 0 Å². The maximum absolute atomic E-state index is 5.89. The number of hydrogen-bond acceptors (Lipinski definition) is 3. The molecule has 0 atom stereocenters. The average molecular weight is 301 g/mol. The zero-order valence-electron chi connectivity index (χ0n) is 14.8. The van der Waals surface area contributed by atoms with Crippen LogP contribution < -0.4 is 11.5 Å². The molecular weight excluding hydrogens is 260 g/mol. The molecule has 0 saturated heterocycles. The summed E-state index contributed by atoms with van der Waals surface area (Å²) in [6.45, 7) is 8.34. The van der Waals surface area contributed by atoms with Crippen LogP contribution in [0.15, 0.2) is 0 Å². The Labute approximate surface area is 133 Å². The zero-order valence-corrected chi connectivity index (χ0v) is 14.8. The Hall–Kier alpha value is -0.120. The first kappa shape index (κ1) is 20.9. The van der Waals surface area contributed by atoms with Gasteiger partial charge in [-0.15, -0.1) is 0 Å². The maximum Gasteiger partial charge on any atom is 0.0634 e. The standard InChI is InChI=1S/C18H40N2O/c1-4-18(19,20)14-12-16-21-15-11-9-7-5-6-8-10-13-17(2)3/h17H,4-16,19-20H2,1-3H3. The van der Waals surface area contributed by atoms with Crippen LogP contribution in [0.5, 0.6) is 0 Å². The molecule has 0 aromatic carbocycles. The van der Waals surface area contributed by atoms with Crippen LogP contribution in [0.1, 0.15) is 91.4 Å². The number of hydrogen-bond donors (Lipinski definition) is 2. The highest BCUT2D eigenvalue weighted by Crippen LogP contribution is 2.12. The molecule has 0 spiro atoms. The molecule has 21 heavy (non-hydrogen) atoms. The van der Waals surface area contributed by atoms with E-state index in [0.29, 0.717) is 0 Å². The maximum atomic E-state index is 5.89. The molecule has 0 heterocycles. The lowest BCUT2D eigenvalue weighted by atomic mass is 10.0. The van der Waals surface area contributed by atoms with E-state index >= 15 is 0 Å². The summed E-state index contributed by atoms with van der Waals surface area (Å²) in [6.07, 6.45) is 13.5. The highest BCUT2D eigenvalue weighted by Gasteiger charge is 2.14. The molecular formula is C18H40N2O. The summed E-state index contributed by atoms with van der Waals surface area (Å²) in [7, 11) is 0. The van der Waals surface area contributed by atoms with Crippen LogP contribution in [0.4, 0.5) is 0 Å². The molecule has 0 aliphatic heterocycles. The highest BCUT2D eigenvalue weighted by atomic mass is 16.5. The van der Waals surface area contributed by atoms with Crippen molar-refractivity contribution in [2.45, 2.75) is 97.1 Å². The summed E-state index contributed by atoms with van der Waals surface area (Å²) in [5, 5.41) is 0. The number of nitrogens with two attached hydrogens (primary N) is 2. The molecule has 0 aromatic rings. The smallest absolute Gasteiger partial charge is 0.0634 e. The van der Waals surface area contributed by atoms with Gasteiger partial charge in [-0.1, -0.05) is 65.7 Å². The minimum atomic E-state index is -0.501. The fraction of sp³-hybridized carbons (Fsp3) is 1.00. The van der Waals surface area contributed by atoms with E-state index in [4.69, 9.17) is 16.2 Å². The third kappa shape index (κ3) is 16.1. The lowest BCUT2D eigenvalue weighted by molar-refractivity contribution is 0.120. The second-order valence-corrected chi connectivity index (χ2v) is 6.96. The van der Waals surface area contributed by atoms with Gasteiger partial charge in [0, 0.05) is 13.2 Å². The van der Waals surface area contributed by atoms with Gasteiger partial charge >= 0.3 is 0 Å². The molecule has 0 saturated carbocycles. The largest absolute Gasteiger partial charge is 0.381 e. The molecule has 3 nitrogen and oxygen atoms in total. The van der Waals surface area contributed by atoms with Crippen molar-refractivity contribution in [2.75, 3.05) is 13.2 Å². The predicted molar refractivity (Wildman–Crippen MR) is 93.2 cm³/mol. The molecule has 4 N–H and O–H groups in total. The Balaban J connectivity index is 3.09. The monoisotopic (exact) mass is 300 g/mol. The van der Waals surface area contributed by atoms with Gasteiger partial charge in [0.2, 0.25) is 0 Å². The van der Waals surface area contributed by atoms with Crippen molar-refractivity contribution in [3.8, 4) is 0 Å². The van der Waals surface area contributed by atoms with Crippen molar-refractivity contribution < 1.29 is 4.74 Å². The van der Waals surface area contributed by atoms with Gasteiger partial charge in [0.1, 0.15) is 0 Å². The van der Waals surface area contributed by atoms with E-state index in [-0.39, 0.29) is 0 Å². The van der Waals surface area contributed by atoms with Crippen LogP contribution in [-0.2, 0) is 4.74 Å². The Morgan fingerprint density at radius 3 is 1.90 bits per heavy atom. The topological polar surface area (TPSA) is 61.3 Å². The van der Waals surface area contributed by atoms with Crippen LogP contribution in [0.2, 0.25) is 0 Å². The molecule has 3 heteroatoms. The minimum Gasteiger partial charge on any atom is -0.381 e. The minimum absolute atomic E-state index is 0.501. The normalized spacial score (nSPS) is 12.3. The molecule has 0 bridgehead atoms. The Kier molecular flexibility index (Phi) is 13.5. The summed E-state index contributed by atoms with van der Waals surface area (Å²) in [4.78, 5) is 0. The number of unbranched alkanes of at least 4 members (excludes halogenated alkanes) is 6. The van der Waals surface area contributed by atoms with Crippen LogP contribution >= 0.6 is 0 Å². The van der Waals surface area contributed by atoms with Gasteiger partial charge in [-0.25, -0.2) is 0 Å². The Bertz CT molecular complexity index is 217. The predicted octanol–water partition coefficient (Wildman–Crippen LogP) is 4.58. The highest BCUT2D eigenvalue weighted by molar-refractivity contribution is 4.73. The fourth-order valence-electron chi connectivity index (χ4n) is 2.42. The summed E-state index contributed by atoms with van der Waals surface area (Å²) in [5.41, 5.74) is 11.3. The lowest BCUT2D eigenvalue weighted by Crippen LogP contribution is -2.48. The van der Waals surface area contributed by atoms with Crippen molar-refractivity contribution in [1.82, 2.24) is 0 Å². The van der Waals surface area contributed by atoms with Crippen LogP contribution in [-0.4, -0.2) is 18.9 Å². The first-order chi connectivity index (χ1) is 9.98. The third-order valence-electron chi connectivity index (χ3n) is 4.16. The third-order valence-corrected chi connectivity index (χ3v) is 4.16.